The van der Waals surface area contributed by atoms with Crippen LogP contribution in [0, 0.1) is 6.92 Å². The Hall–Kier alpha value is -1.34. The molecular formula is C13H16N2O3S2. The van der Waals surface area contributed by atoms with Gasteiger partial charge in [-0.15, -0.1) is 11.3 Å². The molecule has 0 radical (unpaired) electrons. The quantitative estimate of drug-likeness (QED) is 0.847. The third kappa shape index (κ3) is 3.40. The van der Waals surface area contributed by atoms with E-state index in [1.807, 2.05) is 0 Å². The first-order valence-electron chi connectivity index (χ1n) is 6.28. The van der Waals surface area contributed by atoms with Gasteiger partial charge in [-0.1, -0.05) is 17.8 Å². The van der Waals surface area contributed by atoms with Gasteiger partial charge in [0.05, 0.1) is 11.4 Å². The van der Waals surface area contributed by atoms with Crippen LogP contribution in [-0.2, 0) is 4.79 Å². The number of allylic oxidation sites excluding steroid dienone is 2. The average molecular weight is 312 g/mol. The second kappa shape index (κ2) is 6.41. The predicted molar refractivity (Wildman–Crippen MR) is 79.2 cm³/mol. The Morgan fingerprint density at radius 1 is 1.55 bits per heavy atom. The van der Waals surface area contributed by atoms with E-state index in [1.54, 1.807) is 18.9 Å². The van der Waals surface area contributed by atoms with Gasteiger partial charge >= 0.3 is 5.97 Å². The zero-order valence-corrected chi connectivity index (χ0v) is 13.0. The molecule has 1 aromatic heterocycles. The number of aryl methyl sites for hydroxylation is 1. The van der Waals surface area contributed by atoms with Gasteiger partial charge in [0.1, 0.15) is 4.88 Å². The predicted octanol–water partition coefficient (Wildman–Crippen LogP) is 2.77. The molecule has 20 heavy (non-hydrogen) atoms. The molecule has 7 heteroatoms. The van der Waals surface area contributed by atoms with Gasteiger partial charge in [-0.2, -0.15) is 0 Å². The molecule has 2 rings (SSSR count). The monoisotopic (exact) mass is 312 g/mol. The fourth-order valence-electron chi connectivity index (χ4n) is 1.97. The molecule has 1 amide bonds. The topological polar surface area (TPSA) is 70.5 Å². The van der Waals surface area contributed by atoms with Crippen LogP contribution in [0.3, 0.4) is 0 Å². The van der Waals surface area contributed by atoms with Gasteiger partial charge in [0, 0.05) is 12.7 Å². The number of amides is 1. The van der Waals surface area contributed by atoms with Gasteiger partial charge in [0.15, 0.2) is 4.34 Å². The van der Waals surface area contributed by atoms with Crippen molar-refractivity contribution < 1.29 is 14.7 Å². The van der Waals surface area contributed by atoms with Crippen LogP contribution >= 0.6 is 23.1 Å². The minimum Gasteiger partial charge on any atom is -0.477 e. The van der Waals surface area contributed by atoms with Crippen molar-refractivity contribution >= 4 is 35.0 Å². The number of hydrogen-bond donors (Lipinski definition) is 1. The minimum absolute atomic E-state index is 0.0212. The van der Waals surface area contributed by atoms with Crippen molar-refractivity contribution in [2.75, 3.05) is 12.8 Å². The number of hydrogen-bond acceptors (Lipinski definition) is 5. The van der Waals surface area contributed by atoms with E-state index < -0.39 is 5.97 Å². The first kappa shape index (κ1) is 15.1. The molecular weight excluding hydrogens is 296 g/mol. The summed E-state index contributed by atoms with van der Waals surface area (Å²) < 4.78 is 0.627. The smallest absolute Gasteiger partial charge is 0.347 e. The van der Waals surface area contributed by atoms with E-state index >= 15 is 0 Å². The zero-order valence-electron chi connectivity index (χ0n) is 11.4. The summed E-state index contributed by atoms with van der Waals surface area (Å²) in [5, 5.41) is 8.97. The number of aromatic carboxylic acids is 1. The Bertz CT molecular complexity index is 566. The summed E-state index contributed by atoms with van der Waals surface area (Å²) in [7, 11) is 1.79. The third-order valence-corrected chi connectivity index (χ3v) is 5.39. The summed E-state index contributed by atoms with van der Waals surface area (Å²) in [6.45, 7) is 1.67. The standard InChI is InChI=1S/C13H16N2O3S2/c1-8-11(12(17)18)20-13(14-8)19-7-10(16)15(2)9-5-3-4-6-9/h5H,3-4,6-7H2,1-2H3,(H,17,18). The minimum atomic E-state index is -0.966. The molecule has 1 aliphatic rings. The Kier molecular flexibility index (Phi) is 4.82. The molecule has 1 aliphatic carbocycles. The van der Waals surface area contributed by atoms with Crippen LogP contribution in [-0.4, -0.2) is 39.7 Å². The Labute approximate surface area is 125 Å². The number of nitrogens with zero attached hydrogens (tertiary/aromatic N) is 2. The van der Waals surface area contributed by atoms with E-state index in [4.69, 9.17) is 5.11 Å². The lowest BCUT2D eigenvalue weighted by Gasteiger charge is -2.17. The molecule has 0 unspecified atom stereocenters. The van der Waals surface area contributed by atoms with Crippen LogP contribution in [0.1, 0.15) is 34.6 Å². The molecule has 1 heterocycles. The van der Waals surface area contributed by atoms with Crippen LogP contribution in [0.5, 0.6) is 0 Å². The van der Waals surface area contributed by atoms with E-state index in [-0.39, 0.29) is 16.5 Å². The molecule has 0 atom stereocenters. The fourth-order valence-corrected chi connectivity index (χ4v) is 3.91. The van der Waals surface area contributed by atoms with Crippen molar-refractivity contribution in [2.45, 2.75) is 30.5 Å². The van der Waals surface area contributed by atoms with Gasteiger partial charge in [-0.3, -0.25) is 4.79 Å². The highest BCUT2D eigenvalue weighted by Gasteiger charge is 2.18. The van der Waals surface area contributed by atoms with Crippen LogP contribution in [0.25, 0.3) is 0 Å². The van der Waals surface area contributed by atoms with Gasteiger partial charge < -0.3 is 10.0 Å². The first-order chi connectivity index (χ1) is 9.49. The number of aromatic nitrogens is 1. The summed E-state index contributed by atoms with van der Waals surface area (Å²) in [6.07, 6.45) is 5.19. The van der Waals surface area contributed by atoms with Crippen molar-refractivity contribution in [3.8, 4) is 0 Å². The summed E-state index contributed by atoms with van der Waals surface area (Å²) in [4.78, 5) is 29.1. The number of carbonyl (C=O) groups excluding carboxylic acids is 1. The molecule has 0 fully saturated rings. The molecule has 1 aromatic rings. The van der Waals surface area contributed by atoms with Crippen molar-refractivity contribution in [3.05, 3.63) is 22.3 Å². The number of thioether (sulfide) groups is 1. The molecule has 108 valence electrons. The van der Waals surface area contributed by atoms with Crippen LogP contribution < -0.4 is 0 Å². The molecule has 1 N–H and O–H groups in total. The van der Waals surface area contributed by atoms with E-state index in [2.05, 4.69) is 11.1 Å². The highest BCUT2D eigenvalue weighted by atomic mass is 32.2. The van der Waals surface area contributed by atoms with Crippen molar-refractivity contribution in [1.29, 1.82) is 0 Å². The lowest BCUT2D eigenvalue weighted by molar-refractivity contribution is -0.125. The van der Waals surface area contributed by atoms with Crippen molar-refractivity contribution in [1.82, 2.24) is 9.88 Å². The maximum Gasteiger partial charge on any atom is 0.347 e. The Balaban J connectivity index is 1.93. The number of carboxylic acid groups (broad SMARTS) is 1. The maximum absolute atomic E-state index is 12.1. The highest BCUT2D eigenvalue weighted by Crippen LogP contribution is 2.28. The van der Waals surface area contributed by atoms with Gasteiger partial charge in [0.2, 0.25) is 5.91 Å². The van der Waals surface area contributed by atoms with Gasteiger partial charge in [-0.05, 0) is 26.2 Å². The molecule has 0 aliphatic heterocycles. The van der Waals surface area contributed by atoms with Crippen LogP contribution in [0.15, 0.2) is 16.1 Å². The number of rotatable bonds is 5. The van der Waals surface area contributed by atoms with Gasteiger partial charge in [0.25, 0.3) is 0 Å². The highest BCUT2D eigenvalue weighted by molar-refractivity contribution is 8.01. The molecule has 0 saturated carbocycles. The first-order valence-corrected chi connectivity index (χ1v) is 8.08. The Morgan fingerprint density at radius 3 is 2.85 bits per heavy atom. The number of thiazole rings is 1. The van der Waals surface area contributed by atoms with Crippen molar-refractivity contribution in [2.24, 2.45) is 0 Å². The number of carbonyl (C=O) groups is 2. The lowest BCUT2D eigenvalue weighted by atomic mass is 10.3. The third-order valence-electron chi connectivity index (χ3n) is 3.11. The van der Waals surface area contributed by atoms with E-state index in [0.29, 0.717) is 10.0 Å². The fraction of sp³-hybridized carbons (Fsp3) is 0.462. The maximum atomic E-state index is 12.1. The van der Waals surface area contributed by atoms with Crippen molar-refractivity contribution in [3.63, 3.8) is 0 Å². The molecule has 5 nitrogen and oxygen atoms in total. The summed E-state index contributed by atoms with van der Waals surface area (Å²) >= 11 is 2.41. The molecule has 0 aromatic carbocycles. The van der Waals surface area contributed by atoms with E-state index in [9.17, 15) is 9.59 Å². The number of carboxylic acids is 1. The molecule has 0 spiro atoms. The summed E-state index contributed by atoms with van der Waals surface area (Å²) in [6, 6.07) is 0. The zero-order chi connectivity index (χ0) is 14.7. The van der Waals surface area contributed by atoms with E-state index in [1.165, 1.54) is 11.8 Å². The Morgan fingerprint density at radius 2 is 2.30 bits per heavy atom. The van der Waals surface area contributed by atoms with Crippen LogP contribution in [0.2, 0.25) is 0 Å². The summed E-state index contributed by atoms with van der Waals surface area (Å²) in [5.41, 5.74) is 1.58. The van der Waals surface area contributed by atoms with Gasteiger partial charge in [-0.25, -0.2) is 9.78 Å². The van der Waals surface area contributed by atoms with Crippen LogP contribution in [0.4, 0.5) is 0 Å². The molecule has 0 bridgehead atoms. The largest absolute Gasteiger partial charge is 0.477 e. The summed E-state index contributed by atoms with van der Waals surface area (Å²) in [5.74, 6) is -0.667. The normalized spacial score (nSPS) is 14.2. The lowest BCUT2D eigenvalue weighted by Crippen LogP contribution is -2.26. The second-order valence-corrected chi connectivity index (χ2v) is 6.75. The second-order valence-electron chi connectivity index (χ2n) is 4.53. The molecule has 0 saturated heterocycles. The van der Waals surface area contributed by atoms with E-state index in [0.717, 1.165) is 36.3 Å². The average Bonchev–Trinajstić information content (AvgIpc) is 3.04. The SMILES string of the molecule is Cc1nc(SCC(=O)N(C)C2=CCCC2)sc1C(=O)O.